The lowest BCUT2D eigenvalue weighted by Crippen LogP contribution is -2.20. The van der Waals surface area contributed by atoms with Crippen LogP contribution in [0, 0.1) is 5.92 Å². The van der Waals surface area contributed by atoms with Gasteiger partial charge < -0.3 is 4.42 Å². The van der Waals surface area contributed by atoms with Crippen molar-refractivity contribution in [1.29, 1.82) is 0 Å². The predicted octanol–water partition coefficient (Wildman–Crippen LogP) is 5.38. The van der Waals surface area contributed by atoms with E-state index in [0.29, 0.717) is 21.4 Å². The van der Waals surface area contributed by atoms with Gasteiger partial charge >= 0.3 is 11.8 Å². The van der Waals surface area contributed by atoms with Crippen LogP contribution in [0.4, 0.5) is 13.2 Å². The number of allylic oxidation sites excluding steroid dienone is 4. The number of benzene rings is 1. The van der Waals surface area contributed by atoms with Crippen molar-refractivity contribution < 1.29 is 17.6 Å². The molecule has 1 aromatic heterocycles. The summed E-state index contributed by atoms with van der Waals surface area (Å²) in [6.07, 6.45) is -3.24. The second-order valence-corrected chi connectivity index (χ2v) is 6.57. The average molecular weight is 352 g/mol. The van der Waals surface area contributed by atoms with E-state index in [0.717, 1.165) is 6.08 Å². The standard InChI is InChI=1S/C18H15F3O2S/c1-9-5-13(15(6-10(9)2)18(19,20)21)14-7-11-3-4-12(24)8-16(11)23-17(14)22/h3-4,6-9,24H,5H2,1-2H3. The quantitative estimate of drug-likeness (QED) is 0.551. The summed E-state index contributed by atoms with van der Waals surface area (Å²) in [7, 11) is 0. The van der Waals surface area contributed by atoms with Gasteiger partial charge in [-0.15, -0.1) is 12.6 Å². The first-order chi connectivity index (χ1) is 11.2. The van der Waals surface area contributed by atoms with Gasteiger partial charge in [0, 0.05) is 10.3 Å². The van der Waals surface area contributed by atoms with E-state index in [1.165, 1.54) is 6.07 Å². The van der Waals surface area contributed by atoms with E-state index in [4.69, 9.17) is 4.42 Å². The molecule has 1 aliphatic carbocycles. The van der Waals surface area contributed by atoms with Crippen LogP contribution in [0.25, 0.3) is 16.5 Å². The topological polar surface area (TPSA) is 30.2 Å². The highest BCUT2D eigenvalue weighted by molar-refractivity contribution is 7.80. The van der Waals surface area contributed by atoms with Gasteiger partial charge in [-0.25, -0.2) is 4.79 Å². The van der Waals surface area contributed by atoms with Gasteiger partial charge in [0.05, 0.1) is 11.1 Å². The maximum Gasteiger partial charge on any atom is 0.416 e. The lowest BCUT2D eigenvalue weighted by Gasteiger charge is -2.25. The van der Waals surface area contributed by atoms with Crippen LogP contribution in [-0.2, 0) is 0 Å². The van der Waals surface area contributed by atoms with Gasteiger partial charge in [-0.3, -0.25) is 0 Å². The zero-order valence-electron chi connectivity index (χ0n) is 13.1. The van der Waals surface area contributed by atoms with Crippen molar-refractivity contribution in [3.63, 3.8) is 0 Å². The fourth-order valence-corrected chi connectivity index (χ4v) is 3.04. The number of hydrogen-bond acceptors (Lipinski definition) is 3. The Balaban J connectivity index is 2.29. The van der Waals surface area contributed by atoms with Crippen molar-refractivity contribution in [3.05, 3.63) is 57.5 Å². The van der Waals surface area contributed by atoms with Crippen LogP contribution in [-0.4, -0.2) is 6.18 Å². The minimum Gasteiger partial charge on any atom is -0.422 e. The number of thiol groups is 1. The molecule has 0 fully saturated rings. The van der Waals surface area contributed by atoms with E-state index in [-0.39, 0.29) is 23.5 Å². The van der Waals surface area contributed by atoms with E-state index in [9.17, 15) is 18.0 Å². The molecule has 0 saturated carbocycles. The molecule has 1 atom stereocenters. The summed E-state index contributed by atoms with van der Waals surface area (Å²) >= 11 is 4.17. The van der Waals surface area contributed by atoms with Crippen molar-refractivity contribution >= 4 is 29.2 Å². The molecular formula is C18H15F3O2S. The minimum absolute atomic E-state index is 0.00815. The van der Waals surface area contributed by atoms with Gasteiger partial charge in [0.25, 0.3) is 0 Å². The molecule has 1 aliphatic rings. The van der Waals surface area contributed by atoms with Crippen LogP contribution >= 0.6 is 12.6 Å². The monoisotopic (exact) mass is 352 g/mol. The second kappa shape index (κ2) is 5.84. The third-order valence-electron chi connectivity index (χ3n) is 4.33. The third-order valence-corrected chi connectivity index (χ3v) is 4.61. The van der Waals surface area contributed by atoms with E-state index >= 15 is 0 Å². The number of halogens is 3. The Hall–Kier alpha value is -1.95. The average Bonchev–Trinajstić information content (AvgIpc) is 2.48. The van der Waals surface area contributed by atoms with Crippen molar-refractivity contribution in [2.24, 2.45) is 5.92 Å². The summed E-state index contributed by atoms with van der Waals surface area (Å²) in [4.78, 5) is 12.9. The first-order valence-corrected chi connectivity index (χ1v) is 7.87. The normalized spacial score (nSPS) is 18.9. The van der Waals surface area contributed by atoms with E-state index in [1.807, 2.05) is 6.92 Å². The van der Waals surface area contributed by atoms with Gasteiger partial charge in [0.15, 0.2) is 0 Å². The van der Waals surface area contributed by atoms with Gasteiger partial charge in [0.1, 0.15) is 5.58 Å². The number of rotatable bonds is 1. The highest BCUT2D eigenvalue weighted by atomic mass is 32.1. The van der Waals surface area contributed by atoms with Crippen LogP contribution in [0.5, 0.6) is 0 Å². The zero-order valence-corrected chi connectivity index (χ0v) is 14.0. The minimum atomic E-state index is -4.52. The number of fused-ring (bicyclic) bond motifs is 1. The fourth-order valence-electron chi connectivity index (χ4n) is 2.85. The largest absolute Gasteiger partial charge is 0.422 e. The molecule has 0 saturated heterocycles. The second-order valence-electron chi connectivity index (χ2n) is 6.05. The van der Waals surface area contributed by atoms with Crippen LogP contribution in [0.3, 0.4) is 0 Å². The van der Waals surface area contributed by atoms with Crippen LogP contribution < -0.4 is 5.63 Å². The third kappa shape index (κ3) is 3.02. The molecule has 2 aromatic rings. The molecule has 0 radical (unpaired) electrons. The van der Waals surface area contributed by atoms with Crippen LogP contribution in [0.15, 0.2) is 55.6 Å². The smallest absolute Gasteiger partial charge is 0.416 e. The van der Waals surface area contributed by atoms with Crippen molar-refractivity contribution in [1.82, 2.24) is 0 Å². The summed E-state index contributed by atoms with van der Waals surface area (Å²) in [5.74, 6) is -0.0685. The summed E-state index contributed by atoms with van der Waals surface area (Å²) in [6.45, 7) is 3.51. The summed E-state index contributed by atoms with van der Waals surface area (Å²) < 4.78 is 45.5. The molecule has 2 nitrogen and oxygen atoms in total. The summed E-state index contributed by atoms with van der Waals surface area (Å²) in [6, 6.07) is 6.40. The maximum atomic E-state index is 13.4. The number of alkyl halides is 3. The lowest BCUT2D eigenvalue weighted by molar-refractivity contribution is -0.0881. The highest BCUT2D eigenvalue weighted by Crippen LogP contribution is 2.41. The van der Waals surface area contributed by atoms with Crippen molar-refractivity contribution in [2.75, 3.05) is 0 Å². The van der Waals surface area contributed by atoms with E-state index in [1.54, 1.807) is 25.1 Å². The van der Waals surface area contributed by atoms with Crippen molar-refractivity contribution in [2.45, 2.75) is 31.3 Å². The van der Waals surface area contributed by atoms with Gasteiger partial charge in [-0.05, 0) is 43.0 Å². The molecule has 0 spiro atoms. The highest BCUT2D eigenvalue weighted by Gasteiger charge is 2.38. The molecular weight excluding hydrogens is 337 g/mol. The molecule has 6 heteroatoms. The Morgan fingerprint density at radius 3 is 2.62 bits per heavy atom. The molecule has 1 heterocycles. The van der Waals surface area contributed by atoms with Gasteiger partial charge in [-0.2, -0.15) is 13.2 Å². The molecule has 1 aromatic carbocycles. The predicted molar refractivity (Wildman–Crippen MR) is 90.2 cm³/mol. The number of hydrogen-bond donors (Lipinski definition) is 1. The van der Waals surface area contributed by atoms with Crippen LogP contribution in [0.1, 0.15) is 25.8 Å². The molecule has 1 unspecified atom stereocenters. The molecule has 3 rings (SSSR count). The molecule has 0 bridgehead atoms. The van der Waals surface area contributed by atoms with Crippen molar-refractivity contribution in [3.8, 4) is 0 Å². The lowest BCUT2D eigenvalue weighted by atomic mass is 9.82. The fraction of sp³-hybridized carbons (Fsp3) is 0.278. The maximum absolute atomic E-state index is 13.4. The zero-order chi connectivity index (χ0) is 17.6. The van der Waals surface area contributed by atoms with E-state index in [2.05, 4.69) is 12.6 Å². The molecule has 0 amide bonds. The molecule has 0 aliphatic heterocycles. The Labute approximate surface area is 142 Å². The Kier molecular flexibility index (Phi) is 4.11. The first kappa shape index (κ1) is 16.9. The molecule has 24 heavy (non-hydrogen) atoms. The SMILES string of the molecule is CC1=CC(C(F)(F)F)=C(c2cc3ccc(S)cc3oc2=O)CC1C. The summed E-state index contributed by atoms with van der Waals surface area (Å²) in [5, 5.41) is 0.565. The van der Waals surface area contributed by atoms with Gasteiger partial charge in [0.2, 0.25) is 0 Å². The van der Waals surface area contributed by atoms with Gasteiger partial charge in [-0.1, -0.05) is 24.6 Å². The molecule has 0 N–H and O–H groups in total. The Morgan fingerprint density at radius 1 is 1.25 bits per heavy atom. The Bertz CT molecular complexity index is 935. The summed E-state index contributed by atoms with van der Waals surface area (Å²) in [5.41, 5.74) is -0.616. The first-order valence-electron chi connectivity index (χ1n) is 7.42. The van der Waals surface area contributed by atoms with Crippen LogP contribution in [0.2, 0.25) is 0 Å². The molecule has 126 valence electrons. The Morgan fingerprint density at radius 2 is 1.96 bits per heavy atom. The van der Waals surface area contributed by atoms with E-state index < -0.39 is 17.4 Å².